The summed E-state index contributed by atoms with van der Waals surface area (Å²) in [5.41, 5.74) is 3.41. The lowest BCUT2D eigenvalue weighted by Crippen LogP contribution is -2.49. The van der Waals surface area contributed by atoms with Crippen molar-refractivity contribution < 1.29 is 14.6 Å². The van der Waals surface area contributed by atoms with E-state index in [4.69, 9.17) is 4.74 Å². The number of likely N-dealkylation sites (N-methyl/N-ethyl adjacent to an activating group) is 1. The molecule has 7 heteroatoms. The minimum absolute atomic E-state index is 0.0342. The fourth-order valence-corrected chi connectivity index (χ4v) is 4.36. The second kappa shape index (κ2) is 11.9. The molecule has 0 fully saturated rings. The SMILES string of the molecule is C[C@H](CO)N1C[C@H](C)[C@@H](CN(C)Cc2cccnc2)Oc2ncc(/C=C/c3ccccc3)cc2C1=O. The van der Waals surface area contributed by atoms with Gasteiger partial charge in [-0.3, -0.25) is 14.7 Å². The zero-order valence-corrected chi connectivity index (χ0v) is 21.1. The third-order valence-electron chi connectivity index (χ3n) is 6.48. The maximum atomic E-state index is 13.6. The lowest BCUT2D eigenvalue weighted by Gasteiger charge is -2.37. The average Bonchev–Trinajstić information content (AvgIpc) is 2.90. The molecule has 0 aliphatic carbocycles. The van der Waals surface area contributed by atoms with Gasteiger partial charge >= 0.3 is 0 Å². The summed E-state index contributed by atoms with van der Waals surface area (Å²) >= 11 is 0. The van der Waals surface area contributed by atoms with Crippen molar-refractivity contribution >= 4 is 18.1 Å². The van der Waals surface area contributed by atoms with E-state index >= 15 is 0 Å². The normalized spacial score (nSPS) is 19.0. The van der Waals surface area contributed by atoms with Crippen LogP contribution in [-0.2, 0) is 6.54 Å². The van der Waals surface area contributed by atoms with Crippen LogP contribution in [0.5, 0.6) is 5.88 Å². The summed E-state index contributed by atoms with van der Waals surface area (Å²) in [5.74, 6) is 0.188. The molecule has 4 rings (SSSR count). The van der Waals surface area contributed by atoms with Crippen LogP contribution in [0.15, 0.2) is 67.1 Å². The van der Waals surface area contributed by atoms with Gasteiger partial charge < -0.3 is 14.7 Å². The number of pyridine rings is 2. The van der Waals surface area contributed by atoms with Gasteiger partial charge in [0.25, 0.3) is 5.91 Å². The van der Waals surface area contributed by atoms with Crippen molar-refractivity contribution in [3.8, 4) is 5.88 Å². The van der Waals surface area contributed by atoms with Gasteiger partial charge in [-0.2, -0.15) is 0 Å². The molecule has 3 heterocycles. The molecule has 7 nitrogen and oxygen atoms in total. The van der Waals surface area contributed by atoms with Crippen molar-refractivity contribution in [2.75, 3.05) is 26.7 Å². The van der Waals surface area contributed by atoms with Gasteiger partial charge in [-0.15, -0.1) is 0 Å². The minimum Gasteiger partial charge on any atom is -0.472 e. The maximum absolute atomic E-state index is 13.6. The molecular weight excluding hydrogens is 452 g/mol. The van der Waals surface area contributed by atoms with Gasteiger partial charge in [0.2, 0.25) is 5.88 Å². The quantitative estimate of drug-likeness (QED) is 0.519. The standard InChI is InChI=1S/C29H34N4O3/c1-21-17-33(22(2)20-34)29(35)26-14-24(12-11-23-8-5-4-6-9-23)16-31-28(26)36-27(21)19-32(3)18-25-10-7-13-30-15-25/h4-16,21-22,27,34H,17-20H2,1-3H3/b12-11+/t21-,22+,27+/m0/s1. The predicted molar refractivity (Wildman–Crippen MR) is 141 cm³/mol. The van der Waals surface area contributed by atoms with E-state index in [9.17, 15) is 9.90 Å². The van der Waals surface area contributed by atoms with Gasteiger partial charge in [-0.1, -0.05) is 55.5 Å². The molecule has 1 aromatic carbocycles. The van der Waals surface area contributed by atoms with Crippen LogP contribution in [0.1, 0.15) is 40.9 Å². The largest absolute Gasteiger partial charge is 0.472 e. The number of carbonyl (C=O) groups excluding carboxylic acids is 1. The highest BCUT2D eigenvalue weighted by atomic mass is 16.5. The second-order valence-electron chi connectivity index (χ2n) is 9.55. The Hall–Kier alpha value is -3.55. The zero-order valence-electron chi connectivity index (χ0n) is 21.1. The van der Waals surface area contributed by atoms with Gasteiger partial charge in [0.15, 0.2) is 0 Å². The number of amides is 1. The molecule has 3 atom stereocenters. The number of nitrogens with zero attached hydrogens (tertiary/aromatic N) is 4. The van der Waals surface area contributed by atoms with Crippen molar-refractivity contribution in [2.45, 2.75) is 32.5 Å². The van der Waals surface area contributed by atoms with Gasteiger partial charge in [-0.05, 0) is 42.8 Å². The first-order valence-corrected chi connectivity index (χ1v) is 12.3. The number of benzene rings is 1. The fraction of sp³-hybridized carbons (Fsp3) is 0.345. The lowest BCUT2D eigenvalue weighted by atomic mass is 9.99. The summed E-state index contributed by atoms with van der Waals surface area (Å²) in [4.78, 5) is 26.3. The molecule has 1 N–H and O–H groups in total. The van der Waals surface area contributed by atoms with Crippen LogP contribution < -0.4 is 4.74 Å². The molecule has 0 unspecified atom stereocenters. The number of hydrogen-bond donors (Lipinski definition) is 1. The smallest absolute Gasteiger partial charge is 0.259 e. The van der Waals surface area contributed by atoms with Crippen molar-refractivity contribution in [1.82, 2.24) is 19.8 Å². The number of aliphatic hydroxyl groups is 1. The summed E-state index contributed by atoms with van der Waals surface area (Å²) in [6.07, 6.45) is 9.10. The molecule has 0 bridgehead atoms. The van der Waals surface area contributed by atoms with Crippen molar-refractivity contribution in [1.29, 1.82) is 0 Å². The van der Waals surface area contributed by atoms with Crippen LogP contribution in [0.2, 0.25) is 0 Å². The molecule has 0 spiro atoms. The Bertz CT molecular complexity index is 1170. The number of carbonyl (C=O) groups is 1. The highest BCUT2D eigenvalue weighted by molar-refractivity contribution is 5.97. The molecule has 0 radical (unpaired) electrons. The van der Waals surface area contributed by atoms with Crippen molar-refractivity contribution in [3.63, 3.8) is 0 Å². The molecule has 1 amide bonds. The molecule has 0 saturated heterocycles. The summed E-state index contributed by atoms with van der Waals surface area (Å²) in [6, 6.07) is 15.5. The van der Waals surface area contributed by atoms with Crippen LogP contribution in [0, 0.1) is 5.92 Å². The highest BCUT2D eigenvalue weighted by Crippen LogP contribution is 2.28. The Balaban J connectivity index is 1.61. The van der Waals surface area contributed by atoms with Crippen molar-refractivity contribution in [3.05, 3.63) is 89.4 Å². The maximum Gasteiger partial charge on any atom is 0.259 e. The van der Waals surface area contributed by atoms with E-state index in [0.29, 0.717) is 24.5 Å². The number of aliphatic hydroxyl groups excluding tert-OH is 1. The number of aromatic nitrogens is 2. The van der Waals surface area contributed by atoms with Gasteiger partial charge in [0.05, 0.1) is 12.6 Å². The highest BCUT2D eigenvalue weighted by Gasteiger charge is 2.34. The Morgan fingerprint density at radius 3 is 2.67 bits per heavy atom. The monoisotopic (exact) mass is 486 g/mol. The van der Waals surface area contributed by atoms with Gasteiger partial charge in [0.1, 0.15) is 11.7 Å². The van der Waals surface area contributed by atoms with E-state index < -0.39 is 0 Å². The Kier molecular flexibility index (Phi) is 8.46. The van der Waals surface area contributed by atoms with E-state index in [1.807, 2.05) is 74.8 Å². The van der Waals surface area contributed by atoms with Crippen LogP contribution >= 0.6 is 0 Å². The molecule has 0 saturated carbocycles. The summed E-state index contributed by atoms with van der Waals surface area (Å²) in [6.45, 7) is 5.70. The van der Waals surface area contributed by atoms with E-state index in [0.717, 1.165) is 23.2 Å². The topological polar surface area (TPSA) is 78.8 Å². The molecule has 2 aromatic heterocycles. The Morgan fingerprint density at radius 2 is 1.94 bits per heavy atom. The lowest BCUT2D eigenvalue weighted by molar-refractivity contribution is 0.0325. The van der Waals surface area contributed by atoms with Gasteiger partial charge in [0, 0.05) is 44.1 Å². The van der Waals surface area contributed by atoms with Crippen LogP contribution in [0.3, 0.4) is 0 Å². The number of rotatable bonds is 8. The van der Waals surface area contributed by atoms with E-state index in [2.05, 4.69) is 27.9 Å². The van der Waals surface area contributed by atoms with E-state index in [-0.39, 0.29) is 30.6 Å². The second-order valence-corrected chi connectivity index (χ2v) is 9.55. The van der Waals surface area contributed by atoms with Crippen LogP contribution in [0.25, 0.3) is 12.2 Å². The summed E-state index contributed by atoms with van der Waals surface area (Å²) in [5, 5.41) is 9.88. The first-order chi connectivity index (χ1) is 17.4. The molecule has 36 heavy (non-hydrogen) atoms. The molecular formula is C29H34N4O3. The van der Waals surface area contributed by atoms with Crippen LogP contribution in [-0.4, -0.2) is 69.7 Å². The molecule has 1 aliphatic heterocycles. The Labute approximate surface area is 213 Å². The fourth-order valence-electron chi connectivity index (χ4n) is 4.36. The zero-order chi connectivity index (χ0) is 25.5. The first kappa shape index (κ1) is 25.5. The first-order valence-electron chi connectivity index (χ1n) is 12.3. The van der Waals surface area contributed by atoms with E-state index in [1.54, 1.807) is 17.3 Å². The third-order valence-corrected chi connectivity index (χ3v) is 6.48. The van der Waals surface area contributed by atoms with E-state index in [1.165, 1.54) is 0 Å². The molecule has 3 aromatic rings. The minimum atomic E-state index is -0.316. The molecule has 188 valence electrons. The number of fused-ring (bicyclic) bond motifs is 1. The summed E-state index contributed by atoms with van der Waals surface area (Å²) in [7, 11) is 2.05. The Morgan fingerprint density at radius 1 is 1.17 bits per heavy atom. The summed E-state index contributed by atoms with van der Waals surface area (Å²) < 4.78 is 6.40. The van der Waals surface area contributed by atoms with Crippen molar-refractivity contribution in [2.24, 2.45) is 5.92 Å². The predicted octanol–water partition coefficient (Wildman–Crippen LogP) is 4.00. The number of hydrogen-bond acceptors (Lipinski definition) is 6. The van der Waals surface area contributed by atoms with Crippen LogP contribution in [0.4, 0.5) is 0 Å². The third kappa shape index (κ3) is 6.36. The van der Waals surface area contributed by atoms with Gasteiger partial charge in [-0.25, -0.2) is 4.98 Å². The number of ether oxygens (including phenoxy) is 1. The average molecular weight is 487 g/mol. The molecule has 1 aliphatic rings.